The predicted molar refractivity (Wildman–Crippen MR) is 85.5 cm³/mol. The quantitative estimate of drug-likeness (QED) is 0.822. The summed E-state index contributed by atoms with van der Waals surface area (Å²) in [6.45, 7) is 8.60. The number of pyridine rings is 1. The van der Waals surface area contributed by atoms with Crippen molar-refractivity contribution in [2.45, 2.75) is 45.2 Å². The van der Waals surface area contributed by atoms with Gasteiger partial charge in [-0.05, 0) is 39.7 Å². The Morgan fingerprint density at radius 2 is 2.05 bits per heavy atom. The van der Waals surface area contributed by atoms with Gasteiger partial charge in [0.15, 0.2) is 0 Å². The maximum Gasteiger partial charge on any atom is 0.254 e. The minimum atomic E-state index is -0.200. The van der Waals surface area contributed by atoms with E-state index in [2.05, 4.69) is 36.0 Å². The molecule has 6 heteroatoms. The zero-order valence-electron chi connectivity index (χ0n) is 12.8. The maximum absolute atomic E-state index is 12.3. The van der Waals surface area contributed by atoms with Gasteiger partial charge in [-0.25, -0.2) is 4.98 Å². The highest BCUT2D eigenvalue weighted by atomic mass is 35.5. The van der Waals surface area contributed by atoms with Gasteiger partial charge in [0.05, 0.1) is 17.4 Å². The van der Waals surface area contributed by atoms with E-state index in [0.29, 0.717) is 11.3 Å². The molecule has 2 heterocycles. The van der Waals surface area contributed by atoms with Crippen LogP contribution in [-0.2, 0) is 0 Å². The van der Waals surface area contributed by atoms with E-state index >= 15 is 0 Å². The smallest absolute Gasteiger partial charge is 0.254 e. The molecule has 0 unspecified atom stereocenters. The molecule has 1 amide bonds. The zero-order valence-corrected chi connectivity index (χ0v) is 13.6. The van der Waals surface area contributed by atoms with Crippen molar-refractivity contribution in [3.05, 3.63) is 23.0 Å². The van der Waals surface area contributed by atoms with E-state index in [1.165, 1.54) is 6.20 Å². The van der Waals surface area contributed by atoms with Gasteiger partial charge in [0.1, 0.15) is 5.15 Å². The number of hydrogen-bond donors (Lipinski definition) is 2. The highest BCUT2D eigenvalue weighted by molar-refractivity contribution is 6.32. The monoisotopic (exact) mass is 310 g/mol. The second-order valence-corrected chi connectivity index (χ2v) is 6.87. The normalized spacial score (nSPS) is 17.7. The summed E-state index contributed by atoms with van der Waals surface area (Å²) in [7, 11) is 0. The van der Waals surface area contributed by atoms with E-state index in [0.717, 1.165) is 25.9 Å². The van der Waals surface area contributed by atoms with Crippen LogP contribution < -0.4 is 11.1 Å². The van der Waals surface area contributed by atoms with Crippen molar-refractivity contribution in [3.8, 4) is 0 Å². The highest BCUT2D eigenvalue weighted by Gasteiger charge is 2.28. The van der Waals surface area contributed by atoms with Gasteiger partial charge in [-0.15, -0.1) is 0 Å². The fourth-order valence-corrected chi connectivity index (χ4v) is 2.77. The first-order chi connectivity index (χ1) is 9.77. The third-order valence-corrected chi connectivity index (χ3v) is 4.18. The molecule has 0 spiro atoms. The Balaban J connectivity index is 1.94. The molecule has 0 radical (unpaired) electrons. The van der Waals surface area contributed by atoms with Crippen molar-refractivity contribution in [1.29, 1.82) is 0 Å². The Morgan fingerprint density at radius 3 is 2.62 bits per heavy atom. The largest absolute Gasteiger partial charge is 0.397 e. The Labute approximate surface area is 130 Å². The zero-order chi connectivity index (χ0) is 15.6. The van der Waals surface area contributed by atoms with Gasteiger partial charge in [-0.1, -0.05) is 11.6 Å². The van der Waals surface area contributed by atoms with Gasteiger partial charge in [-0.3, -0.25) is 9.69 Å². The standard InChI is InChI=1S/C15H23ClN4O/c1-15(2,3)20-6-4-11(5-7-20)19-14(21)12-8-10(17)9-18-13(12)16/h8-9,11H,4-7,17H2,1-3H3,(H,19,21). The summed E-state index contributed by atoms with van der Waals surface area (Å²) < 4.78 is 0. The first-order valence-electron chi connectivity index (χ1n) is 7.24. The molecule has 1 aromatic heterocycles. The summed E-state index contributed by atoms with van der Waals surface area (Å²) in [4.78, 5) is 18.6. The number of anilines is 1. The van der Waals surface area contributed by atoms with Crippen molar-refractivity contribution in [1.82, 2.24) is 15.2 Å². The fraction of sp³-hybridized carbons (Fsp3) is 0.600. The molecule has 0 saturated carbocycles. The molecule has 3 N–H and O–H groups in total. The van der Waals surface area contributed by atoms with Gasteiger partial charge in [-0.2, -0.15) is 0 Å². The van der Waals surface area contributed by atoms with Crippen LogP contribution >= 0.6 is 11.6 Å². The van der Waals surface area contributed by atoms with Crippen LogP contribution in [0.4, 0.5) is 5.69 Å². The molecule has 0 bridgehead atoms. The maximum atomic E-state index is 12.3. The summed E-state index contributed by atoms with van der Waals surface area (Å²) in [5.41, 5.74) is 6.61. The molecule has 1 saturated heterocycles. The molecule has 0 aromatic carbocycles. The van der Waals surface area contributed by atoms with Gasteiger partial charge in [0.2, 0.25) is 0 Å². The Kier molecular flexibility index (Phi) is 4.74. The minimum absolute atomic E-state index is 0.175. The van der Waals surface area contributed by atoms with Crippen molar-refractivity contribution in [2.75, 3.05) is 18.8 Å². The third-order valence-electron chi connectivity index (χ3n) is 3.88. The lowest BCUT2D eigenvalue weighted by molar-refractivity contribution is 0.0812. The van der Waals surface area contributed by atoms with Crippen LogP contribution in [0.3, 0.4) is 0 Å². The van der Waals surface area contributed by atoms with Crippen LogP contribution in [-0.4, -0.2) is 40.5 Å². The van der Waals surface area contributed by atoms with Crippen molar-refractivity contribution >= 4 is 23.2 Å². The van der Waals surface area contributed by atoms with Crippen LogP contribution in [0, 0.1) is 0 Å². The average molecular weight is 311 g/mol. The molecule has 0 atom stereocenters. The van der Waals surface area contributed by atoms with Crippen molar-refractivity contribution in [2.24, 2.45) is 0 Å². The second kappa shape index (κ2) is 6.20. The second-order valence-electron chi connectivity index (χ2n) is 6.51. The molecule has 0 aliphatic carbocycles. The molecule has 1 fully saturated rings. The van der Waals surface area contributed by atoms with E-state index < -0.39 is 0 Å². The van der Waals surface area contributed by atoms with Crippen LogP contribution in [0.2, 0.25) is 5.15 Å². The minimum Gasteiger partial charge on any atom is -0.397 e. The lowest BCUT2D eigenvalue weighted by Gasteiger charge is -2.41. The molecular formula is C15H23ClN4O. The van der Waals surface area contributed by atoms with Gasteiger partial charge < -0.3 is 11.1 Å². The predicted octanol–water partition coefficient (Wildman–Crippen LogP) is 2.31. The lowest BCUT2D eigenvalue weighted by Crippen LogP contribution is -2.50. The number of piperidine rings is 1. The number of amides is 1. The summed E-state index contributed by atoms with van der Waals surface area (Å²) in [5.74, 6) is -0.200. The van der Waals surface area contributed by atoms with E-state index in [-0.39, 0.29) is 22.6 Å². The highest BCUT2D eigenvalue weighted by Crippen LogP contribution is 2.21. The first-order valence-corrected chi connectivity index (χ1v) is 7.62. The number of rotatable bonds is 2. The Bertz CT molecular complexity index is 519. The number of nitrogens with one attached hydrogen (secondary N) is 1. The summed E-state index contributed by atoms with van der Waals surface area (Å²) in [5, 5.41) is 3.22. The number of carbonyl (C=O) groups is 1. The first kappa shape index (κ1) is 16.0. The number of nitrogens with two attached hydrogens (primary N) is 1. The van der Waals surface area contributed by atoms with E-state index in [9.17, 15) is 4.79 Å². The fourth-order valence-electron chi connectivity index (χ4n) is 2.58. The van der Waals surface area contributed by atoms with E-state index in [1.54, 1.807) is 6.07 Å². The number of nitrogen functional groups attached to an aromatic ring is 1. The molecular weight excluding hydrogens is 288 g/mol. The van der Waals surface area contributed by atoms with E-state index in [1.807, 2.05) is 0 Å². The van der Waals surface area contributed by atoms with Gasteiger partial charge in [0.25, 0.3) is 5.91 Å². The number of aromatic nitrogens is 1. The lowest BCUT2D eigenvalue weighted by atomic mass is 9.98. The van der Waals surface area contributed by atoms with Crippen LogP contribution in [0.1, 0.15) is 44.0 Å². The molecule has 116 valence electrons. The van der Waals surface area contributed by atoms with Crippen molar-refractivity contribution in [3.63, 3.8) is 0 Å². The average Bonchev–Trinajstić information content (AvgIpc) is 2.41. The SMILES string of the molecule is CC(C)(C)N1CCC(NC(=O)c2cc(N)cnc2Cl)CC1. The van der Waals surface area contributed by atoms with Crippen molar-refractivity contribution < 1.29 is 4.79 Å². The molecule has 2 rings (SSSR count). The van der Waals surface area contributed by atoms with Gasteiger partial charge >= 0.3 is 0 Å². The van der Waals surface area contributed by atoms with Crippen LogP contribution in [0.15, 0.2) is 12.3 Å². The van der Waals surface area contributed by atoms with E-state index in [4.69, 9.17) is 17.3 Å². The number of nitrogens with zero attached hydrogens (tertiary/aromatic N) is 2. The molecule has 21 heavy (non-hydrogen) atoms. The number of carbonyl (C=O) groups excluding carboxylic acids is 1. The number of likely N-dealkylation sites (tertiary alicyclic amines) is 1. The molecule has 1 aliphatic rings. The summed E-state index contributed by atoms with van der Waals surface area (Å²) in [6.07, 6.45) is 3.33. The molecule has 5 nitrogen and oxygen atoms in total. The van der Waals surface area contributed by atoms with Crippen LogP contribution in [0.5, 0.6) is 0 Å². The molecule has 1 aliphatic heterocycles. The van der Waals surface area contributed by atoms with Gasteiger partial charge in [0, 0.05) is 24.7 Å². The summed E-state index contributed by atoms with van der Waals surface area (Å²) >= 11 is 5.96. The Morgan fingerprint density at radius 1 is 1.43 bits per heavy atom. The third kappa shape index (κ3) is 4.08. The topological polar surface area (TPSA) is 71.2 Å². The van der Waals surface area contributed by atoms with Crippen LogP contribution in [0.25, 0.3) is 0 Å². The summed E-state index contributed by atoms with van der Waals surface area (Å²) in [6, 6.07) is 1.74. The Hall–Kier alpha value is -1.33. The number of halogens is 1. The molecule has 1 aromatic rings. The number of hydrogen-bond acceptors (Lipinski definition) is 4.